The number of tetrazole rings is 1. The molecule has 1 aliphatic heterocycles. The van der Waals surface area contributed by atoms with Crippen LogP contribution in [0.15, 0.2) is 64.2 Å². The molecule has 0 aliphatic carbocycles. The van der Waals surface area contributed by atoms with Crippen molar-refractivity contribution in [1.82, 2.24) is 35.3 Å². The van der Waals surface area contributed by atoms with Crippen molar-refractivity contribution >= 4 is 11.8 Å². The normalized spacial score (nSPS) is 14.4. The van der Waals surface area contributed by atoms with Crippen LogP contribution < -0.4 is 4.74 Å². The molecular weight excluding hydrogens is 450 g/mol. The van der Waals surface area contributed by atoms with Gasteiger partial charge in [-0.25, -0.2) is 0 Å². The standard InChI is InChI=1S/C24H27N7O2S/c1-3-8-20(9-4-1)31-24(27-28-29-31)34-18-22-25-26-23(33-22)19-10-12-21(13-11-19)32-17-7-16-30-14-5-2-6-15-30/h1,3-4,8-13H,2,5-7,14-18H2. The molecular formula is C24H27N7O2S. The van der Waals surface area contributed by atoms with Crippen LogP contribution in [-0.2, 0) is 5.75 Å². The Morgan fingerprint density at radius 1 is 0.912 bits per heavy atom. The van der Waals surface area contributed by atoms with E-state index in [0.717, 1.165) is 36.6 Å². The summed E-state index contributed by atoms with van der Waals surface area (Å²) in [6.45, 7) is 4.28. The summed E-state index contributed by atoms with van der Waals surface area (Å²) in [5, 5.41) is 21.0. The van der Waals surface area contributed by atoms with Gasteiger partial charge in [-0.2, -0.15) is 4.68 Å². The van der Waals surface area contributed by atoms with Gasteiger partial charge in [0.2, 0.25) is 16.9 Å². The summed E-state index contributed by atoms with van der Waals surface area (Å²) in [6.07, 6.45) is 5.06. The zero-order chi connectivity index (χ0) is 23.0. The molecule has 1 fully saturated rings. The number of aromatic nitrogens is 6. The first-order valence-corrected chi connectivity index (χ1v) is 12.6. The average molecular weight is 478 g/mol. The summed E-state index contributed by atoms with van der Waals surface area (Å²) in [6, 6.07) is 17.5. The van der Waals surface area contributed by atoms with E-state index in [4.69, 9.17) is 9.15 Å². The number of hydrogen-bond donors (Lipinski definition) is 0. The molecule has 5 rings (SSSR count). The molecule has 2 aromatic carbocycles. The predicted octanol–water partition coefficient (Wildman–Crippen LogP) is 4.26. The average Bonchev–Trinajstić information content (AvgIpc) is 3.57. The number of rotatable bonds is 10. The molecule has 0 amide bonds. The van der Waals surface area contributed by atoms with Gasteiger partial charge in [0, 0.05) is 12.1 Å². The Morgan fingerprint density at radius 3 is 2.56 bits per heavy atom. The fourth-order valence-electron chi connectivity index (χ4n) is 3.91. The fraction of sp³-hybridized carbons (Fsp3) is 0.375. The Hall–Kier alpha value is -3.24. The predicted molar refractivity (Wildman–Crippen MR) is 129 cm³/mol. The number of ether oxygens (including phenoxy) is 1. The second-order valence-corrected chi connectivity index (χ2v) is 9.07. The van der Waals surface area contributed by atoms with E-state index in [-0.39, 0.29) is 0 Å². The summed E-state index contributed by atoms with van der Waals surface area (Å²) in [7, 11) is 0. The molecule has 9 nitrogen and oxygen atoms in total. The monoisotopic (exact) mass is 477 g/mol. The van der Waals surface area contributed by atoms with Crippen LogP contribution >= 0.6 is 11.8 Å². The molecule has 2 aromatic heterocycles. The van der Waals surface area contributed by atoms with E-state index in [1.807, 2.05) is 54.6 Å². The third-order valence-corrected chi connectivity index (χ3v) is 6.57. The highest BCUT2D eigenvalue weighted by molar-refractivity contribution is 7.98. The molecule has 0 bridgehead atoms. The molecule has 0 atom stereocenters. The largest absolute Gasteiger partial charge is 0.494 e. The lowest BCUT2D eigenvalue weighted by molar-refractivity contribution is 0.205. The van der Waals surface area contributed by atoms with E-state index in [9.17, 15) is 0 Å². The summed E-state index contributed by atoms with van der Waals surface area (Å²) >= 11 is 1.44. The first-order chi connectivity index (χ1) is 16.8. The van der Waals surface area contributed by atoms with Gasteiger partial charge in [-0.3, -0.25) is 0 Å². The maximum Gasteiger partial charge on any atom is 0.247 e. The number of benzene rings is 2. The Labute approximate surface area is 202 Å². The first kappa shape index (κ1) is 22.5. The molecule has 3 heterocycles. The lowest BCUT2D eigenvalue weighted by Gasteiger charge is -2.26. The zero-order valence-electron chi connectivity index (χ0n) is 18.9. The highest BCUT2D eigenvalue weighted by atomic mass is 32.2. The molecule has 0 radical (unpaired) electrons. The Morgan fingerprint density at radius 2 is 1.74 bits per heavy atom. The fourth-order valence-corrected chi connectivity index (χ4v) is 4.64. The molecule has 34 heavy (non-hydrogen) atoms. The summed E-state index contributed by atoms with van der Waals surface area (Å²) in [5.41, 5.74) is 1.76. The Kier molecular flexibility index (Phi) is 7.47. The van der Waals surface area contributed by atoms with Crippen molar-refractivity contribution in [2.75, 3.05) is 26.2 Å². The van der Waals surface area contributed by atoms with Gasteiger partial charge in [-0.1, -0.05) is 36.4 Å². The zero-order valence-corrected chi connectivity index (χ0v) is 19.7. The van der Waals surface area contributed by atoms with Gasteiger partial charge in [-0.05, 0) is 79.2 Å². The maximum absolute atomic E-state index is 5.90. The molecule has 0 spiro atoms. The van der Waals surface area contributed by atoms with Gasteiger partial charge in [0.1, 0.15) is 5.75 Å². The van der Waals surface area contributed by atoms with Crippen LogP contribution in [0.25, 0.3) is 17.1 Å². The minimum Gasteiger partial charge on any atom is -0.494 e. The van der Waals surface area contributed by atoms with Crippen LogP contribution in [-0.4, -0.2) is 61.5 Å². The van der Waals surface area contributed by atoms with Crippen molar-refractivity contribution in [3.05, 3.63) is 60.5 Å². The van der Waals surface area contributed by atoms with Crippen LogP contribution in [0.3, 0.4) is 0 Å². The van der Waals surface area contributed by atoms with Crippen molar-refractivity contribution in [2.24, 2.45) is 0 Å². The van der Waals surface area contributed by atoms with E-state index in [0.29, 0.717) is 22.7 Å². The highest BCUT2D eigenvalue weighted by Gasteiger charge is 2.14. The number of para-hydroxylation sites is 1. The van der Waals surface area contributed by atoms with Crippen LogP contribution in [0.1, 0.15) is 31.6 Å². The van der Waals surface area contributed by atoms with Gasteiger partial charge >= 0.3 is 0 Å². The second kappa shape index (κ2) is 11.3. The van der Waals surface area contributed by atoms with Crippen LogP contribution in [0.2, 0.25) is 0 Å². The van der Waals surface area contributed by atoms with Gasteiger partial charge in [-0.15, -0.1) is 15.3 Å². The SMILES string of the molecule is c1ccc(-n2nnnc2SCc2nnc(-c3ccc(OCCCN4CCCCC4)cc3)o2)cc1. The summed E-state index contributed by atoms with van der Waals surface area (Å²) in [4.78, 5) is 2.53. The van der Waals surface area contributed by atoms with Crippen LogP contribution in [0, 0.1) is 0 Å². The number of thioether (sulfide) groups is 1. The van der Waals surface area contributed by atoms with E-state index >= 15 is 0 Å². The smallest absolute Gasteiger partial charge is 0.247 e. The Balaban J connectivity index is 1.11. The van der Waals surface area contributed by atoms with Gasteiger partial charge < -0.3 is 14.1 Å². The molecule has 0 N–H and O–H groups in total. The molecule has 10 heteroatoms. The van der Waals surface area contributed by atoms with E-state index < -0.39 is 0 Å². The van der Waals surface area contributed by atoms with Crippen molar-refractivity contribution in [3.8, 4) is 22.9 Å². The van der Waals surface area contributed by atoms with Crippen LogP contribution in [0.5, 0.6) is 5.75 Å². The van der Waals surface area contributed by atoms with Crippen molar-refractivity contribution < 1.29 is 9.15 Å². The van der Waals surface area contributed by atoms with E-state index in [2.05, 4.69) is 30.6 Å². The minimum atomic E-state index is 0.471. The number of nitrogens with zero attached hydrogens (tertiary/aromatic N) is 7. The lowest BCUT2D eigenvalue weighted by atomic mass is 10.1. The number of likely N-dealkylation sites (tertiary alicyclic amines) is 1. The summed E-state index contributed by atoms with van der Waals surface area (Å²) < 4.78 is 13.4. The number of hydrogen-bond acceptors (Lipinski definition) is 9. The first-order valence-electron chi connectivity index (χ1n) is 11.6. The number of piperidine rings is 1. The third-order valence-electron chi connectivity index (χ3n) is 5.67. The van der Waals surface area contributed by atoms with Crippen LogP contribution in [0.4, 0.5) is 0 Å². The van der Waals surface area contributed by atoms with Crippen molar-refractivity contribution in [1.29, 1.82) is 0 Å². The second-order valence-electron chi connectivity index (χ2n) is 8.13. The molecule has 4 aromatic rings. The van der Waals surface area contributed by atoms with Crippen molar-refractivity contribution in [2.45, 2.75) is 36.6 Å². The lowest BCUT2D eigenvalue weighted by Crippen LogP contribution is -2.31. The molecule has 1 saturated heterocycles. The minimum absolute atomic E-state index is 0.471. The quantitative estimate of drug-likeness (QED) is 0.245. The molecule has 0 unspecified atom stereocenters. The van der Waals surface area contributed by atoms with E-state index in [1.54, 1.807) is 4.68 Å². The van der Waals surface area contributed by atoms with E-state index in [1.165, 1.54) is 44.1 Å². The Bertz CT molecular complexity index is 1160. The van der Waals surface area contributed by atoms with Crippen molar-refractivity contribution in [3.63, 3.8) is 0 Å². The maximum atomic E-state index is 5.90. The van der Waals surface area contributed by atoms with Gasteiger partial charge in [0.15, 0.2) is 0 Å². The van der Waals surface area contributed by atoms with Gasteiger partial charge in [0.05, 0.1) is 18.0 Å². The highest BCUT2D eigenvalue weighted by Crippen LogP contribution is 2.25. The molecule has 0 saturated carbocycles. The summed E-state index contributed by atoms with van der Waals surface area (Å²) in [5.74, 6) is 2.32. The third kappa shape index (κ3) is 5.81. The molecule has 176 valence electrons. The molecule has 1 aliphatic rings. The topological polar surface area (TPSA) is 95.0 Å². The van der Waals surface area contributed by atoms with Gasteiger partial charge in [0.25, 0.3) is 0 Å².